The van der Waals surface area contributed by atoms with Gasteiger partial charge in [0.05, 0.1) is 0 Å². The lowest BCUT2D eigenvalue weighted by Gasteiger charge is -2.28. The van der Waals surface area contributed by atoms with Crippen molar-refractivity contribution in [1.82, 2.24) is 5.32 Å². The van der Waals surface area contributed by atoms with E-state index < -0.39 is 0 Å². The van der Waals surface area contributed by atoms with Crippen molar-refractivity contribution >= 4 is 0 Å². The standard InChI is InChI=1S/C14H21NO2/c1-11-10-14(6-8-15-11)17-13-4-2-12(3-5-13)7-9-16/h2-5,11,14-16H,6-10H2,1H3. The SMILES string of the molecule is CC1CC(Oc2ccc(CCO)cc2)CCN1. The van der Waals surface area contributed by atoms with E-state index in [2.05, 4.69) is 12.2 Å². The van der Waals surface area contributed by atoms with Gasteiger partial charge >= 0.3 is 0 Å². The largest absolute Gasteiger partial charge is 0.490 e. The topological polar surface area (TPSA) is 41.5 Å². The maximum Gasteiger partial charge on any atom is 0.119 e. The van der Waals surface area contributed by atoms with Crippen molar-refractivity contribution in [2.24, 2.45) is 0 Å². The van der Waals surface area contributed by atoms with Gasteiger partial charge in [0.2, 0.25) is 0 Å². The van der Waals surface area contributed by atoms with Crippen molar-refractivity contribution < 1.29 is 9.84 Å². The Bertz CT molecular complexity index is 337. The molecule has 0 spiro atoms. The minimum atomic E-state index is 0.200. The molecule has 1 aliphatic rings. The van der Waals surface area contributed by atoms with E-state index >= 15 is 0 Å². The second kappa shape index (κ2) is 6.03. The van der Waals surface area contributed by atoms with Crippen molar-refractivity contribution in [1.29, 1.82) is 0 Å². The van der Waals surface area contributed by atoms with Crippen LogP contribution in [0.3, 0.4) is 0 Å². The molecular formula is C14H21NO2. The van der Waals surface area contributed by atoms with Gasteiger partial charge in [0.15, 0.2) is 0 Å². The van der Waals surface area contributed by atoms with Crippen LogP contribution in [0.4, 0.5) is 0 Å². The fourth-order valence-electron chi connectivity index (χ4n) is 2.25. The molecule has 94 valence electrons. The molecule has 0 aliphatic carbocycles. The van der Waals surface area contributed by atoms with Crippen LogP contribution < -0.4 is 10.1 Å². The number of aliphatic hydroxyl groups is 1. The predicted octanol–water partition coefficient (Wildman–Crippen LogP) is 1.74. The average Bonchev–Trinajstić information content (AvgIpc) is 2.32. The van der Waals surface area contributed by atoms with Crippen LogP contribution in [0.15, 0.2) is 24.3 Å². The van der Waals surface area contributed by atoms with Crippen LogP contribution in [-0.2, 0) is 6.42 Å². The lowest BCUT2D eigenvalue weighted by Crippen LogP contribution is -2.40. The minimum absolute atomic E-state index is 0.200. The van der Waals surface area contributed by atoms with E-state index in [0.29, 0.717) is 18.6 Å². The first-order chi connectivity index (χ1) is 8.28. The zero-order chi connectivity index (χ0) is 12.1. The van der Waals surface area contributed by atoms with Crippen molar-refractivity contribution in [3.8, 4) is 5.75 Å². The van der Waals surface area contributed by atoms with E-state index in [-0.39, 0.29) is 6.61 Å². The summed E-state index contributed by atoms with van der Waals surface area (Å²) in [5, 5.41) is 12.3. The van der Waals surface area contributed by atoms with Crippen LogP contribution in [0.5, 0.6) is 5.75 Å². The van der Waals surface area contributed by atoms with Gasteiger partial charge in [-0.1, -0.05) is 12.1 Å². The number of piperidine rings is 1. The number of aliphatic hydroxyl groups excluding tert-OH is 1. The number of rotatable bonds is 4. The molecule has 1 aliphatic heterocycles. The van der Waals surface area contributed by atoms with Gasteiger partial charge < -0.3 is 15.2 Å². The van der Waals surface area contributed by atoms with E-state index in [1.54, 1.807) is 0 Å². The van der Waals surface area contributed by atoms with Gasteiger partial charge in [0.1, 0.15) is 11.9 Å². The van der Waals surface area contributed by atoms with Crippen LogP contribution in [-0.4, -0.2) is 30.4 Å². The quantitative estimate of drug-likeness (QED) is 0.835. The summed E-state index contributed by atoms with van der Waals surface area (Å²) < 4.78 is 5.96. The Balaban J connectivity index is 1.89. The number of hydrogen-bond acceptors (Lipinski definition) is 3. The molecule has 0 radical (unpaired) electrons. The van der Waals surface area contributed by atoms with E-state index in [0.717, 1.165) is 30.7 Å². The molecule has 0 bridgehead atoms. The summed E-state index contributed by atoms with van der Waals surface area (Å²) in [7, 11) is 0. The minimum Gasteiger partial charge on any atom is -0.490 e. The first-order valence-corrected chi connectivity index (χ1v) is 6.38. The Morgan fingerprint density at radius 3 is 2.76 bits per heavy atom. The highest BCUT2D eigenvalue weighted by Gasteiger charge is 2.19. The van der Waals surface area contributed by atoms with Crippen molar-refractivity contribution in [2.45, 2.75) is 38.3 Å². The van der Waals surface area contributed by atoms with Gasteiger partial charge in [-0.2, -0.15) is 0 Å². The third-order valence-electron chi connectivity index (χ3n) is 3.20. The monoisotopic (exact) mass is 235 g/mol. The Morgan fingerprint density at radius 1 is 1.35 bits per heavy atom. The number of nitrogens with one attached hydrogen (secondary N) is 1. The fraction of sp³-hybridized carbons (Fsp3) is 0.571. The third-order valence-corrected chi connectivity index (χ3v) is 3.20. The van der Waals surface area contributed by atoms with Crippen LogP contribution in [0.1, 0.15) is 25.3 Å². The Labute approximate surface area is 103 Å². The Hall–Kier alpha value is -1.06. The van der Waals surface area contributed by atoms with Crippen molar-refractivity contribution in [3.63, 3.8) is 0 Å². The molecule has 2 N–H and O–H groups in total. The summed E-state index contributed by atoms with van der Waals surface area (Å²) in [5.41, 5.74) is 1.15. The zero-order valence-electron chi connectivity index (χ0n) is 10.4. The molecule has 17 heavy (non-hydrogen) atoms. The molecule has 3 nitrogen and oxygen atoms in total. The second-order valence-corrected chi connectivity index (χ2v) is 4.74. The van der Waals surface area contributed by atoms with Crippen LogP contribution in [0.25, 0.3) is 0 Å². The van der Waals surface area contributed by atoms with Gasteiger partial charge in [0.25, 0.3) is 0 Å². The van der Waals surface area contributed by atoms with Crippen molar-refractivity contribution in [2.75, 3.05) is 13.2 Å². The number of ether oxygens (including phenoxy) is 1. The first kappa shape index (κ1) is 12.4. The smallest absolute Gasteiger partial charge is 0.119 e. The summed E-state index contributed by atoms with van der Waals surface area (Å²) >= 11 is 0. The average molecular weight is 235 g/mol. The lowest BCUT2D eigenvalue weighted by molar-refractivity contribution is 0.144. The van der Waals surface area contributed by atoms with Gasteiger partial charge in [-0.05, 0) is 50.4 Å². The predicted molar refractivity (Wildman–Crippen MR) is 68.3 cm³/mol. The molecule has 2 unspecified atom stereocenters. The Morgan fingerprint density at radius 2 is 2.12 bits per heavy atom. The molecule has 2 atom stereocenters. The second-order valence-electron chi connectivity index (χ2n) is 4.74. The van der Waals surface area contributed by atoms with Crippen LogP contribution in [0, 0.1) is 0 Å². The summed E-state index contributed by atoms with van der Waals surface area (Å²) in [6, 6.07) is 8.59. The normalized spacial score (nSPS) is 24.6. The maximum atomic E-state index is 8.84. The van der Waals surface area contributed by atoms with Gasteiger partial charge in [-0.3, -0.25) is 0 Å². The third kappa shape index (κ3) is 3.72. The highest BCUT2D eigenvalue weighted by atomic mass is 16.5. The molecule has 1 fully saturated rings. The fourth-order valence-corrected chi connectivity index (χ4v) is 2.25. The molecule has 0 saturated carbocycles. The zero-order valence-corrected chi connectivity index (χ0v) is 10.4. The molecule has 2 rings (SSSR count). The summed E-state index contributed by atoms with van der Waals surface area (Å²) in [5.74, 6) is 0.936. The van der Waals surface area contributed by atoms with E-state index in [1.165, 1.54) is 0 Å². The highest BCUT2D eigenvalue weighted by Crippen LogP contribution is 2.19. The van der Waals surface area contributed by atoms with E-state index in [4.69, 9.17) is 9.84 Å². The molecule has 1 aromatic rings. The lowest BCUT2D eigenvalue weighted by atomic mass is 10.0. The number of benzene rings is 1. The number of hydrogen-bond donors (Lipinski definition) is 2. The van der Waals surface area contributed by atoms with E-state index in [9.17, 15) is 0 Å². The highest BCUT2D eigenvalue weighted by molar-refractivity contribution is 5.27. The molecule has 1 heterocycles. The van der Waals surface area contributed by atoms with Gasteiger partial charge in [0, 0.05) is 12.6 Å². The maximum absolute atomic E-state index is 8.84. The molecule has 1 aromatic carbocycles. The first-order valence-electron chi connectivity index (χ1n) is 6.38. The molecule has 0 amide bonds. The van der Waals surface area contributed by atoms with E-state index in [1.807, 2.05) is 24.3 Å². The van der Waals surface area contributed by atoms with Crippen LogP contribution in [0.2, 0.25) is 0 Å². The summed E-state index contributed by atoms with van der Waals surface area (Å²) in [6.45, 7) is 3.43. The molecule has 3 heteroatoms. The molecular weight excluding hydrogens is 214 g/mol. The van der Waals surface area contributed by atoms with Gasteiger partial charge in [-0.15, -0.1) is 0 Å². The van der Waals surface area contributed by atoms with Gasteiger partial charge in [-0.25, -0.2) is 0 Å². The summed E-state index contributed by atoms with van der Waals surface area (Å²) in [4.78, 5) is 0. The molecule has 0 aromatic heterocycles. The molecule has 1 saturated heterocycles. The summed E-state index contributed by atoms with van der Waals surface area (Å²) in [6.07, 6.45) is 3.18. The Kier molecular flexibility index (Phi) is 4.40. The van der Waals surface area contributed by atoms with Crippen molar-refractivity contribution in [3.05, 3.63) is 29.8 Å². The van der Waals surface area contributed by atoms with Crippen LogP contribution >= 0.6 is 0 Å².